The zero-order valence-corrected chi connectivity index (χ0v) is 4.28. The third kappa shape index (κ3) is 3.74. The molecule has 0 unspecified atom stereocenters. The van der Waals surface area contributed by atoms with E-state index in [0.29, 0.717) is 0 Å². The van der Waals surface area contributed by atoms with Gasteiger partial charge in [0.1, 0.15) is 0 Å². The highest BCUT2D eigenvalue weighted by atomic mass is 14.0. The van der Waals surface area contributed by atoms with Crippen molar-refractivity contribution in [3.05, 3.63) is 19.6 Å². The fourth-order valence-electron chi connectivity index (χ4n) is 0. The third-order valence-corrected chi connectivity index (χ3v) is 0.510. The van der Waals surface area contributed by atoms with Crippen molar-refractivity contribution in [3.63, 3.8) is 0 Å². The Bertz CT molecular complexity index is 45.5. The molecule has 0 aliphatic carbocycles. The fourth-order valence-corrected chi connectivity index (χ4v) is 0. The molecule has 0 aliphatic heterocycles. The van der Waals surface area contributed by atoms with E-state index >= 15 is 0 Å². The summed E-state index contributed by atoms with van der Waals surface area (Å²) < 4.78 is 0. The minimum atomic E-state index is -0.444. The molecule has 0 saturated carbocycles. The Balaban J connectivity index is 3.45. The van der Waals surface area contributed by atoms with Crippen LogP contribution in [0.4, 0.5) is 0 Å². The molecule has 0 aromatic carbocycles. The van der Waals surface area contributed by atoms with Crippen LogP contribution in [0.2, 0.25) is 0 Å². The fraction of sp³-hybridized carbons (Fsp3) is 0.500. The van der Waals surface area contributed by atoms with Gasteiger partial charge in [0.2, 0.25) is 0 Å². The average Bonchev–Trinajstić information content (AvgIpc) is 1.35. The molecular weight excluding hydrogens is 72.1 g/mol. The van der Waals surface area contributed by atoms with Gasteiger partial charge in [0, 0.05) is 6.92 Å². The van der Waals surface area contributed by atoms with Crippen molar-refractivity contribution in [1.82, 2.24) is 0 Å². The average molecular weight is 81.1 g/mol. The molecule has 0 aromatic heterocycles. The second kappa shape index (κ2) is 1.46. The summed E-state index contributed by atoms with van der Waals surface area (Å²) in [6.07, 6.45) is 1.60. The topological polar surface area (TPSA) is 0 Å². The lowest BCUT2D eigenvalue weighted by atomic mass is 9.98. The normalized spacial score (nSPS) is 11.2. The largest absolute Gasteiger partial charge is 0.103 e. The smallest absolute Gasteiger partial charge is 0.00182 e. The lowest BCUT2D eigenvalue weighted by Gasteiger charge is -2.07. The number of hydrogen-bond acceptors (Lipinski definition) is 0. The summed E-state index contributed by atoms with van der Waals surface area (Å²) in [5.41, 5.74) is -0.444. The van der Waals surface area contributed by atoms with Gasteiger partial charge in [0.05, 0.1) is 0 Å². The molecule has 0 amide bonds. The van der Waals surface area contributed by atoms with E-state index in [4.69, 9.17) is 6.92 Å². The molecule has 0 N–H and O–H groups in total. The van der Waals surface area contributed by atoms with Crippen LogP contribution in [-0.4, -0.2) is 0 Å². The van der Waals surface area contributed by atoms with Gasteiger partial charge in [-0.3, -0.25) is 0 Å². The number of allylic oxidation sites excluding steroid dienone is 1. The first-order valence-electron chi connectivity index (χ1n) is 1.95. The third-order valence-electron chi connectivity index (χ3n) is 0.510. The summed E-state index contributed by atoms with van der Waals surface area (Å²) in [5, 5.41) is 0. The van der Waals surface area contributed by atoms with E-state index in [1.807, 2.05) is 0 Å². The number of hydrogen-bond donors (Lipinski definition) is 0. The zero-order chi connectivity index (χ0) is 5.21. The summed E-state index contributed by atoms with van der Waals surface area (Å²) in [6.45, 7) is 14.1. The van der Waals surface area contributed by atoms with Crippen LogP contribution in [0, 0.1) is 12.3 Å². The predicted molar refractivity (Wildman–Crippen MR) is 27.2 cm³/mol. The summed E-state index contributed by atoms with van der Waals surface area (Å²) in [7, 11) is 0. The Labute approximate surface area is 39.9 Å². The Morgan fingerprint density at radius 3 is 1.83 bits per heavy atom. The standard InChI is InChI=1S/C6H9/c1-5-6(2,3)4/h5H,1H2,2-3H3. The van der Waals surface area contributed by atoms with Gasteiger partial charge in [-0.15, -0.1) is 6.58 Å². The van der Waals surface area contributed by atoms with Gasteiger partial charge in [-0.05, 0) is 5.41 Å². The highest BCUT2D eigenvalue weighted by Gasteiger charge is 2.00. The monoisotopic (exact) mass is 81.1 g/mol. The van der Waals surface area contributed by atoms with Crippen molar-refractivity contribution in [2.45, 2.75) is 13.8 Å². The van der Waals surface area contributed by atoms with Crippen LogP contribution >= 0.6 is 0 Å². The molecule has 6 heavy (non-hydrogen) atoms. The molecule has 0 rings (SSSR count). The SMILES string of the molecule is [C]C(C)(C)C=C. The first-order chi connectivity index (χ1) is 2.56. The highest BCUT2D eigenvalue weighted by Crippen LogP contribution is 2.11. The maximum atomic E-state index is 7.06. The Kier molecular flexibility index (Phi) is 1.40. The van der Waals surface area contributed by atoms with E-state index in [1.54, 1.807) is 19.9 Å². The van der Waals surface area contributed by atoms with Crippen molar-refractivity contribution in [3.8, 4) is 0 Å². The first kappa shape index (κ1) is 5.74. The molecule has 3 radical (unpaired) electrons. The van der Waals surface area contributed by atoms with Crippen molar-refractivity contribution < 1.29 is 0 Å². The summed E-state index contributed by atoms with van der Waals surface area (Å²) in [6, 6.07) is 0. The van der Waals surface area contributed by atoms with Gasteiger partial charge in [-0.1, -0.05) is 19.9 Å². The predicted octanol–water partition coefficient (Wildman–Crippen LogP) is 1.79. The van der Waals surface area contributed by atoms with Crippen LogP contribution in [0.5, 0.6) is 0 Å². The molecule has 0 nitrogen and oxygen atoms in total. The van der Waals surface area contributed by atoms with E-state index in [0.717, 1.165) is 0 Å². The van der Waals surface area contributed by atoms with Crippen LogP contribution in [0.25, 0.3) is 0 Å². The van der Waals surface area contributed by atoms with Gasteiger partial charge in [0.15, 0.2) is 0 Å². The lowest BCUT2D eigenvalue weighted by molar-refractivity contribution is 0.622. The van der Waals surface area contributed by atoms with Gasteiger partial charge in [-0.2, -0.15) is 0 Å². The minimum Gasteiger partial charge on any atom is -0.103 e. The summed E-state index contributed by atoms with van der Waals surface area (Å²) >= 11 is 0. The second-order valence-electron chi connectivity index (χ2n) is 1.93. The van der Waals surface area contributed by atoms with E-state index < -0.39 is 5.41 Å². The molecule has 0 fully saturated rings. The number of rotatable bonds is 1. The van der Waals surface area contributed by atoms with E-state index in [-0.39, 0.29) is 0 Å². The molecule has 33 valence electrons. The van der Waals surface area contributed by atoms with Crippen LogP contribution in [-0.2, 0) is 0 Å². The van der Waals surface area contributed by atoms with E-state index in [9.17, 15) is 0 Å². The first-order valence-corrected chi connectivity index (χ1v) is 1.95. The van der Waals surface area contributed by atoms with Crippen LogP contribution < -0.4 is 0 Å². The second-order valence-corrected chi connectivity index (χ2v) is 1.93. The highest BCUT2D eigenvalue weighted by molar-refractivity contribution is 4.88. The Morgan fingerprint density at radius 1 is 1.67 bits per heavy atom. The lowest BCUT2D eigenvalue weighted by Crippen LogP contribution is -1.96. The van der Waals surface area contributed by atoms with Gasteiger partial charge >= 0.3 is 0 Å². The van der Waals surface area contributed by atoms with E-state index in [2.05, 4.69) is 6.58 Å². The van der Waals surface area contributed by atoms with Gasteiger partial charge < -0.3 is 0 Å². The van der Waals surface area contributed by atoms with Crippen molar-refractivity contribution in [2.75, 3.05) is 0 Å². The Hall–Kier alpha value is -0.260. The molecule has 0 bridgehead atoms. The molecule has 0 heteroatoms. The summed E-state index contributed by atoms with van der Waals surface area (Å²) in [5.74, 6) is 0. The molecular formula is C6H9. The zero-order valence-electron chi connectivity index (χ0n) is 4.28. The maximum absolute atomic E-state index is 7.06. The van der Waals surface area contributed by atoms with Crippen LogP contribution in [0.1, 0.15) is 13.8 Å². The quantitative estimate of drug-likeness (QED) is 0.422. The van der Waals surface area contributed by atoms with E-state index in [1.165, 1.54) is 0 Å². The molecule has 0 heterocycles. The van der Waals surface area contributed by atoms with Crippen LogP contribution in [0.15, 0.2) is 12.7 Å². The van der Waals surface area contributed by atoms with Crippen molar-refractivity contribution in [1.29, 1.82) is 0 Å². The van der Waals surface area contributed by atoms with Gasteiger partial charge in [0.25, 0.3) is 0 Å². The minimum absolute atomic E-state index is 0.444. The van der Waals surface area contributed by atoms with Crippen molar-refractivity contribution in [2.24, 2.45) is 5.41 Å². The molecule has 0 spiro atoms. The van der Waals surface area contributed by atoms with Crippen molar-refractivity contribution >= 4 is 0 Å². The molecule has 0 aromatic rings. The van der Waals surface area contributed by atoms with Crippen LogP contribution in [0.3, 0.4) is 0 Å². The molecule has 0 saturated heterocycles. The Morgan fingerprint density at radius 2 is 1.83 bits per heavy atom. The molecule has 0 aliphatic rings. The summed E-state index contributed by atoms with van der Waals surface area (Å²) in [4.78, 5) is 0. The molecule has 0 atom stereocenters. The maximum Gasteiger partial charge on any atom is 0.00182 e. The van der Waals surface area contributed by atoms with Gasteiger partial charge in [-0.25, -0.2) is 0 Å².